The molecule has 1 saturated heterocycles. The lowest BCUT2D eigenvalue weighted by Crippen LogP contribution is -2.49. The van der Waals surface area contributed by atoms with Crippen molar-refractivity contribution in [1.82, 2.24) is 14.8 Å². The highest BCUT2D eigenvalue weighted by molar-refractivity contribution is 7.17. The second-order valence-corrected chi connectivity index (χ2v) is 10.4. The van der Waals surface area contributed by atoms with Gasteiger partial charge in [0.25, 0.3) is 5.91 Å². The molecule has 0 saturated carbocycles. The van der Waals surface area contributed by atoms with E-state index in [2.05, 4.69) is 69.0 Å². The van der Waals surface area contributed by atoms with Gasteiger partial charge in [0.1, 0.15) is 4.88 Å². The van der Waals surface area contributed by atoms with Crippen LogP contribution in [0.2, 0.25) is 0 Å². The Balaban J connectivity index is 1.23. The molecule has 0 radical (unpaired) electrons. The number of carbonyl (C=O) groups is 2. The molecule has 4 aromatic rings. The molecule has 3 aromatic carbocycles. The van der Waals surface area contributed by atoms with E-state index in [0.717, 1.165) is 18.7 Å². The number of hydrogen-bond donors (Lipinski definition) is 2. The summed E-state index contributed by atoms with van der Waals surface area (Å²) in [5.74, 6) is -0.0391. The molecule has 0 spiro atoms. The zero-order chi connectivity index (χ0) is 26.5. The Morgan fingerprint density at radius 3 is 2.05 bits per heavy atom. The van der Waals surface area contributed by atoms with E-state index in [1.54, 1.807) is 0 Å². The van der Waals surface area contributed by atoms with Crippen molar-refractivity contribution < 1.29 is 9.59 Å². The number of aryl methyl sites for hydroxylation is 2. The van der Waals surface area contributed by atoms with Crippen molar-refractivity contribution in [3.8, 4) is 0 Å². The molecule has 0 bridgehead atoms. The van der Waals surface area contributed by atoms with Crippen LogP contribution in [-0.4, -0.2) is 52.9 Å². The van der Waals surface area contributed by atoms with Crippen molar-refractivity contribution in [3.05, 3.63) is 112 Å². The smallest absolute Gasteiger partial charge is 0.325 e. The number of amides is 3. The molecule has 8 heteroatoms. The molecule has 1 fully saturated rings. The standard InChI is InChI=1S/C30H31N5O2S/c1-21-10-9-15-25(20-21)32-29(37)33-30-31-22(2)27(38-30)28(36)35-18-16-34(17-19-35)26(23-11-5-3-6-12-23)24-13-7-4-8-14-24/h3-15,20,26H,16-19H2,1-2H3,(H2,31,32,33,37). The Hall–Kier alpha value is -4.01. The largest absolute Gasteiger partial charge is 0.335 e. The molecular weight excluding hydrogens is 494 g/mol. The van der Waals surface area contributed by atoms with Gasteiger partial charge in [0, 0.05) is 31.9 Å². The van der Waals surface area contributed by atoms with Gasteiger partial charge in [-0.1, -0.05) is 84.1 Å². The number of thiazole rings is 1. The van der Waals surface area contributed by atoms with Gasteiger partial charge in [-0.3, -0.25) is 15.0 Å². The molecule has 3 amide bonds. The van der Waals surface area contributed by atoms with Gasteiger partial charge in [-0.25, -0.2) is 9.78 Å². The third-order valence-electron chi connectivity index (χ3n) is 6.68. The second-order valence-electron chi connectivity index (χ2n) is 9.43. The van der Waals surface area contributed by atoms with Gasteiger partial charge >= 0.3 is 6.03 Å². The first-order valence-electron chi connectivity index (χ1n) is 12.7. The molecule has 0 aliphatic carbocycles. The van der Waals surface area contributed by atoms with Gasteiger partial charge < -0.3 is 10.2 Å². The number of nitrogens with one attached hydrogen (secondary N) is 2. The molecular formula is C30H31N5O2S. The van der Waals surface area contributed by atoms with Gasteiger partial charge in [0.15, 0.2) is 5.13 Å². The topological polar surface area (TPSA) is 77.6 Å². The molecule has 2 heterocycles. The summed E-state index contributed by atoms with van der Waals surface area (Å²) in [6.45, 7) is 6.56. The minimum atomic E-state index is -0.384. The Labute approximate surface area is 227 Å². The van der Waals surface area contributed by atoms with Crippen LogP contribution in [0, 0.1) is 13.8 Å². The Morgan fingerprint density at radius 1 is 0.816 bits per heavy atom. The zero-order valence-corrected chi connectivity index (χ0v) is 22.4. The Morgan fingerprint density at radius 2 is 1.45 bits per heavy atom. The van der Waals surface area contributed by atoms with Crippen LogP contribution in [0.1, 0.15) is 38.1 Å². The molecule has 1 aliphatic rings. The third-order valence-corrected chi connectivity index (χ3v) is 7.75. The number of rotatable bonds is 6. The van der Waals surface area contributed by atoms with Crippen molar-refractivity contribution in [2.24, 2.45) is 0 Å². The molecule has 0 unspecified atom stereocenters. The SMILES string of the molecule is Cc1cccc(NC(=O)Nc2nc(C)c(C(=O)N3CCN(C(c4ccccc4)c4ccccc4)CC3)s2)c1. The lowest BCUT2D eigenvalue weighted by molar-refractivity contribution is 0.0601. The normalized spacial score (nSPS) is 13.9. The van der Waals surface area contributed by atoms with Gasteiger partial charge in [-0.2, -0.15) is 0 Å². The first-order chi connectivity index (χ1) is 18.5. The summed E-state index contributed by atoms with van der Waals surface area (Å²) in [4.78, 5) is 35.2. The quantitative estimate of drug-likeness (QED) is 0.326. The third kappa shape index (κ3) is 5.93. The summed E-state index contributed by atoms with van der Waals surface area (Å²) in [5, 5.41) is 5.98. The first kappa shape index (κ1) is 25.6. The molecule has 0 atom stereocenters. The number of anilines is 2. The van der Waals surface area contributed by atoms with E-state index in [-0.39, 0.29) is 18.0 Å². The number of aromatic nitrogens is 1. The summed E-state index contributed by atoms with van der Waals surface area (Å²) in [6, 6.07) is 28.4. The monoisotopic (exact) mass is 525 g/mol. The van der Waals surface area contributed by atoms with Crippen LogP contribution in [0.25, 0.3) is 0 Å². The fraction of sp³-hybridized carbons (Fsp3) is 0.233. The summed E-state index contributed by atoms with van der Waals surface area (Å²) >= 11 is 1.22. The highest BCUT2D eigenvalue weighted by Crippen LogP contribution is 2.30. The first-order valence-corrected chi connectivity index (χ1v) is 13.5. The molecule has 7 nitrogen and oxygen atoms in total. The maximum Gasteiger partial charge on any atom is 0.325 e. The van der Waals surface area contributed by atoms with Gasteiger partial charge in [0.05, 0.1) is 11.7 Å². The van der Waals surface area contributed by atoms with Crippen molar-refractivity contribution >= 4 is 34.1 Å². The van der Waals surface area contributed by atoms with Gasteiger partial charge in [-0.05, 0) is 42.7 Å². The number of carbonyl (C=O) groups excluding carboxylic acids is 2. The number of urea groups is 1. The average Bonchev–Trinajstić information content (AvgIpc) is 3.29. The fourth-order valence-corrected chi connectivity index (χ4v) is 5.77. The summed E-state index contributed by atoms with van der Waals surface area (Å²) in [7, 11) is 0. The van der Waals surface area contributed by atoms with Crippen LogP contribution in [-0.2, 0) is 0 Å². The number of nitrogens with zero attached hydrogens (tertiary/aromatic N) is 3. The number of hydrogen-bond acceptors (Lipinski definition) is 5. The highest BCUT2D eigenvalue weighted by Gasteiger charge is 2.30. The predicted octanol–water partition coefficient (Wildman–Crippen LogP) is 5.95. The van der Waals surface area contributed by atoms with Crippen molar-refractivity contribution in [2.45, 2.75) is 19.9 Å². The molecule has 1 aromatic heterocycles. The van der Waals surface area contributed by atoms with Gasteiger partial charge in [0.2, 0.25) is 0 Å². The average molecular weight is 526 g/mol. The van der Waals surface area contributed by atoms with Crippen LogP contribution >= 0.6 is 11.3 Å². The second kappa shape index (κ2) is 11.6. The van der Waals surface area contributed by atoms with E-state index < -0.39 is 0 Å². The lowest BCUT2D eigenvalue weighted by atomic mass is 9.96. The number of benzene rings is 3. The van der Waals surface area contributed by atoms with Crippen LogP contribution < -0.4 is 10.6 Å². The Kier molecular flexibility index (Phi) is 7.81. The highest BCUT2D eigenvalue weighted by atomic mass is 32.1. The summed E-state index contributed by atoms with van der Waals surface area (Å²) < 4.78 is 0. The van der Waals surface area contributed by atoms with Crippen molar-refractivity contribution in [2.75, 3.05) is 36.8 Å². The molecule has 2 N–H and O–H groups in total. The van der Waals surface area contributed by atoms with E-state index in [1.165, 1.54) is 22.5 Å². The fourth-order valence-electron chi connectivity index (χ4n) is 4.84. The summed E-state index contributed by atoms with van der Waals surface area (Å²) in [6.07, 6.45) is 0. The predicted molar refractivity (Wildman–Crippen MR) is 153 cm³/mol. The molecule has 38 heavy (non-hydrogen) atoms. The van der Waals surface area contributed by atoms with E-state index >= 15 is 0 Å². The van der Waals surface area contributed by atoms with E-state index in [4.69, 9.17) is 0 Å². The molecule has 1 aliphatic heterocycles. The van der Waals surface area contributed by atoms with E-state index in [9.17, 15) is 9.59 Å². The van der Waals surface area contributed by atoms with Crippen molar-refractivity contribution in [1.29, 1.82) is 0 Å². The Bertz CT molecular complexity index is 1360. The lowest BCUT2D eigenvalue weighted by Gasteiger charge is -2.39. The van der Waals surface area contributed by atoms with E-state index in [0.29, 0.717) is 34.5 Å². The number of piperazine rings is 1. The summed E-state index contributed by atoms with van der Waals surface area (Å²) in [5.41, 5.74) is 4.88. The van der Waals surface area contributed by atoms with E-state index in [1.807, 2.05) is 55.1 Å². The maximum absolute atomic E-state index is 13.4. The van der Waals surface area contributed by atoms with Crippen LogP contribution in [0.5, 0.6) is 0 Å². The van der Waals surface area contributed by atoms with Crippen LogP contribution in [0.3, 0.4) is 0 Å². The minimum absolute atomic E-state index is 0.0391. The van der Waals surface area contributed by atoms with Gasteiger partial charge in [-0.15, -0.1) is 0 Å². The molecule has 194 valence electrons. The maximum atomic E-state index is 13.4. The van der Waals surface area contributed by atoms with Crippen LogP contribution in [0.15, 0.2) is 84.9 Å². The molecule has 5 rings (SSSR count). The van der Waals surface area contributed by atoms with Crippen LogP contribution in [0.4, 0.5) is 15.6 Å². The van der Waals surface area contributed by atoms with Crippen molar-refractivity contribution in [3.63, 3.8) is 0 Å². The minimum Gasteiger partial charge on any atom is -0.335 e. The zero-order valence-electron chi connectivity index (χ0n) is 21.6.